The van der Waals surface area contributed by atoms with Gasteiger partial charge in [-0.25, -0.2) is 4.98 Å². The van der Waals surface area contributed by atoms with Crippen molar-refractivity contribution in [3.05, 3.63) is 62.5 Å². The minimum Gasteiger partial charge on any atom is -0.395 e. The summed E-state index contributed by atoms with van der Waals surface area (Å²) in [6, 6.07) is 9.78. The molecule has 0 fully saturated rings. The molecule has 1 aliphatic carbocycles. The Hall–Kier alpha value is -2.16. The van der Waals surface area contributed by atoms with Gasteiger partial charge in [-0.2, -0.15) is 11.8 Å². The molecule has 0 radical (unpaired) electrons. The molecule has 0 saturated heterocycles. The lowest BCUT2D eigenvalue weighted by Crippen LogP contribution is -2.33. The first-order valence-corrected chi connectivity index (χ1v) is 12.2. The zero-order valence-electron chi connectivity index (χ0n) is 16.7. The predicted octanol–water partition coefficient (Wildman–Crippen LogP) is 3.12. The van der Waals surface area contributed by atoms with Gasteiger partial charge in [-0.1, -0.05) is 30.3 Å². The van der Waals surface area contributed by atoms with Crippen LogP contribution in [-0.2, 0) is 29.9 Å². The molecule has 8 heteroatoms. The van der Waals surface area contributed by atoms with E-state index in [2.05, 4.69) is 9.97 Å². The minimum atomic E-state index is -0.0539. The molecule has 1 amide bonds. The van der Waals surface area contributed by atoms with E-state index in [0.717, 1.165) is 35.0 Å². The van der Waals surface area contributed by atoms with Crippen molar-refractivity contribution >= 4 is 39.2 Å². The molecule has 4 rings (SSSR count). The molecule has 0 unspecified atom stereocenters. The lowest BCUT2D eigenvalue weighted by Gasteiger charge is -2.22. The lowest BCUT2D eigenvalue weighted by atomic mass is 10.2. The van der Waals surface area contributed by atoms with E-state index in [1.54, 1.807) is 28.0 Å². The highest BCUT2D eigenvalue weighted by atomic mass is 32.2. The molecule has 0 bridgehead atoms. The number of aromatic nitrogens is 2. The van der Waals surface area contributed by atoms with E-state index >= 15 is 0 Å². The summed E-state index contributed by atoms with van der Waals surface area (Å²) in [5.74, 6) is 1.89. The Bertz CT molecular complexity index is 1080. The number of hydrogen-bond donors (Lipinski definition) is 2. The van der Waals surface area contributed by atoms with E-state index in [0.29, 0.717) is 36.8 Å². The third kappa shape index (κ3) is 4.77. The molecule has 0 atom stereocenters. The number of amides is 1. The summed E-state index contributed by atoms with van der Waals surface area (Å²) in [5.41, 5.74) is 2.20. The number of aryl methyl sites for hydroxylation is 2. The summed E-state index contributed by atoms with van der Waals surface area (Å²) < 4.78 is 0. The molecule has 0 saturated carbocycles. The van der Waals surface area contributed by atoms with Gasteiger partial charge in [0.25, 0.3) is 5.56 Å². The second kappa shape index (κ2) is 9.76. The third-order valence-corrected chi connectivity index (χ3v) is 7.42. The molecular weight excluding hydrogens is 418 g/mol. The smallest absolute Gasteiger partial charge is 0.259 e. The molecule has 2 aromatic heterocycles. The summed E-state index contributed by atoms with van der Waals surface area (Å²) >= 11 is 3.23. The fourth-order valence-electron chi connectivity index (χ4n) is 3.82. The van der Waals surface area contributed by atoms with Crippen LogP contribution in [0.4, 0.5) is 0 Å². The van der Waals surface area contributed by atoms with Crippen LogP contribution in [0.1, 0.15) is 34.7 Å². The maximum atomic E-state index is 12.6. The Morgan fingerprint density at radius 1 is 1.27 bits per heavy atom. The monoisotopic (exact) mass is 443 g/mol. The molecule has 1 aliphatic rings. The number of fused-ring (bicyclic) bond motifs is 3. The Balaban J connectivity index is 1.31. The van der Waals surface area contributed by atoms with Crippen LogP contribution in [-0.4, -0.2) is 44.8 Å². The van der Waals surface area contributed by atoms with Crippen LogP contribution in [0.2, 0.25) is 0 Å². The van der Waals surface area contributed by atoms with Crippen LogP contribution in [0.5, 0.6) is 0 Å². The number of H-pyrrole nitrogens is 1. The van der Waals surface area contributed by atoms with Crippen molar-refractivity contribution in [2.45, 2.75) is 38.0 Å². The van der Waals surface area contributed by atoms with Gasteiger partial charge in [0.05, 0.1) is 17.7 Å². The first-order chi connectivity index (χ1) is 14.7. The van der Waals surface area contributed by atoms with Crippen LogP contribution in [0.15, 0.2) is 35.1 Å². The van der Waals surface area contributed by atoms with E-state index < -0.39 is 0 Å². The Labute approximate surface area is 183 Å². The molecule has 158 valence electrons. The van der Waals surface area contributed by atoms with Crippen molar-refractivity contribution in [3.63, 3.8) is 0 Å². The number of nitrogens with one attached hydrogen (secondary N) is 1. The number of aliphatic hydroxyl groups is 1. The molecule has 2 N–H and O–H groups in total. The molecule has 1 aromatic carbocycles. The second-order valence-electron chi connectivity index (χ2n) is 7.38. The van der Waals surface area contributed by atoms with Gasteiger partial charge in [-0.3, -0.25) is 9.59 Å². The molecule has 0 aliphatic heterocycles. The maximum absolute atomic E-state index is 12.6. The van der Waals surface area contributed by atoms with E-state index in [9.17, 15) is 14.7 Å². The largest absolute Gasteiger partial charge is 0.395 e. The highest BCUT2D eigenvalue weighted by Crippen LogP contribution is 2.34. The van der Waals surface area contributed by atoms with Gasteiger partial charge in [-0.15, -0.1) is 11.3 Å². The van der Waals surface area contributed by atoms with Gasteiger partial charge in [0, 0.05) is 30.1 Å². The van der Waals surface area contributed by atoms with Gasteiger partial charge in [0.1, 0.15) is 10.7 Å². The normalized spacial score (nSPS) is 13.0. The van der Waals surface area contributed by atoms with Gasteiger partial charge >= 0.3 is 0 Å². The molecule has 6 nitrogen and oxygen atoms in total. The van der Waals surface area contributed by atoms with Crippen LogP contribution in [0.3, 0.4) is 0 Å². The number of benzene rings is 1. The number of carbonyl (C=O) groups is 1. The second-order valence-corrected chi connectivity index (χ2v) is 9.57. The number of thioether (sulfide) groups is 1. The van der Waals surface area contributed by atoms with Crippen LogP contribution < -0.4 is 5.56 Å². The topological polar surface area (TPSA) is 86.3 Å². The molecule has 2 heterocycles. The third-order valence-electron chi connectivity index (χ3n) is 5.26. The predicted molar refractivity (Wildman–Crippen MR) is 122 cm³/mol. The molecule has 30 heavy (non-hydrogen) atoms. The van der Waals surface area contributed by atoms with E-state index in [-0.39, 0.29) is 18.1 Å². The summed E-state index contributed by atoms with van der Waals surface area (Å²) in [4.78, 5) is 36.5. The summed E-state index contributed by atoms with van der Waals surface area (Å²) in [6.45, 7) is 0.772. The standard InChI is InChI=1S/C22H25N3O3S2/c26-11-10-25(13-15-5-2-1-3-6-15)19(27)9-12-29-14-18-23-21(28)20-16-7-4-8-17(16)30-22(20)24-18/h1-3,5-6,26H,4,7-14H2,(H,23,24,28). The Morgan fingerprint density at radius 2 is 2.10 bits per heavy atom. The fraction of sp³-hybridized carbons (Fsp3) is 0.409. The van der Waals surface area contributed by atoms with Crippen molar-refractivity contribution < 1.29 is 9.90 Å². The van der Waals surface area contributed by atoms with E-state index in [4.69, 9.17) is 0 Å². The average Bonchev–Trinajstić information content (AvgIpc) is 3.32. The van der Waals surface area contributed by atoms with Gasteiger partial charge in [0.15, 0.2) is 0 Å². The zero-order chi connectivity index (χ0) is 20.9. The summed E-state index contributed by atoms with van der Waals surface area (Å²) in [7, 11) is 0. The lowest BCUT2D eigenvalue weighted by molar-refractivity contribution is -0.131. The highest BCUT2D eigenvalue weighted by Gasteiger charge is 2.21. The van der Waals surface area contributed by atoms with E-state index in [1.807, 2.05) is 30.3 Å². The van der Waals surface area contributed by atoms with Crippen molar-refractivity contribution in [2.75, 3.05) is 18.9 Å². The SMILES string of the molecule is O=C(CCSCc1nc2sc3c(c2c(=O)[nH]1)CCC3)N(CCO)Cc1ccccc1. The number of hydrogen-bond acceptors (Lipinski definition) is 6. The minimum absolute atomic E-state index is 0.0204. The number of aliphatic hydroxyl groups excluding tert-OH is 1. The maximum Gasteiger partial charge on any atom is 0.259 e. The molecule has 3 aromatic rings. The van der Waals surface area contributed by atoms with Gasteiger partial charge < -0.3 is 15.0 Å². The van der Waals surface area contributed by atoms with Crippen LogP contribution in [0.25, 0.3) is 10.2 Å². The van der Waals surface area contributed by atoms with Crippen molar-refractivity contribution in [2.24, 2.45) is 0 Å². The van der Waals surface area contributed by atoms with Crippen molar-refractivity contribution in [1.29, 1.82) is 0 Å². The molecule has 0 spiro atoms. The fourth-order valence-corrected chi connectivity index (χ4v) is 5.89. The number of aromatic amines is 1. The van der Waals surface area contributed by atoms with Gasteiger partial charge in [-0.05, 0) is 30.4 Å². The number of thiophene rings is 1. The summed E-state index contributed by atoms with van der Waals surface area (Å²) in [6.07, 6.45) is 3.54. The quantitative estimate of drug-likeness (QED) is 0.496. The number of carbonyl (C=O) groups excluding carboxylic acids is 1. The average molecular weight is 444 g/mol. The Kier molecular flexibility index (Phi) is 6.86. The van der Waals surface area contributed by atoms with Crippen LogP contribution in [0, 0.1) is 0 Å². The Morgan fingerprint density at radius 3 is 2.90 bits per heavy atom. The highest BCUT2D eigenvalue weighted by molar-refractivity contribution is 7.98. The van der Waals surface area contributed by atoms with Crippen molar-refractivity contribution in [3.8, 4) is 0 Å². The van der Waals surface area contributed by atoms with Gasteiger partial charge in [0.2, 0.25) is 5.91 Å². The van der Waals surface area contributed by atoms with Crippen molar-refractivity contribution in [1.82, 2.24) is 14.9 Å². The van der Waals surface area contributed by atoms with Crippen LogP contribution >= 0.6 is 23.1 Å². The number of nitrogens with zero attached hydrogens (tertiary/aromatic N) is 2. The first kappa shape index (κ1) is 21.1. The number of rotatable bonds is 9. The molecular formula is C22H25N3O3S2. The first-order valence-electron chi connectivity index (χ1n) is 10.2. The zero-order valence-corrected chi connectivity index (χ0v) is 18.4. The van der Waals surface area contributed by atoms with E-state index in [1.165, 1.54) is 10.4 Å². The summed E-state index contributed by atoms with van der Waals surface area (Å²) in [5, 5.41) is 10.1.